The Morgan fingerprint density at radius 1 is 1.44 bits per heavy atom. The first-order valence-corrected chi connectivity index (χ1v) is 8.06. The molecular formula is C11H14N2O3S2. The van der Waals surface area contributed by atoms with Gasteiger partial charge in [-0.3, -0.25) is 4.79 Å². The molecule has 1 aliphatic rings. The summed E-state index contributed by atoms with van der Waals surface area (Å²) in [4.78, 5) is 12.3. The second-order valence-corrected chi connectivity index (χ2v) is 6.68. The number of thioether (sulfide) groups is 1. The third-order valence-electron chi connectivity index (χ3n) is 2.44. The number of sulfonamides is 1. The van der Waals surface area contributed by atoms with Gasteiger partial charge in [0.05, 0.1) is 16.3 Å². The van der Waals surface area contributed by atoms with Crippen LogP contribution < -0.4 is 10.0 Å². The van der Waals surface area contributed by atoms with Crippen molar-refractivity contribution in [3.8, 4) is 0 Å². The van der Waals surface area contributed by atoms with Gasteiger partial charge in [-0.25, -0.2) is 13.1 Å². The minimum atomic E-state index is -3.48. The molecule has 1 amide bonds. The molecule has 1 aromatic rings. The molecule has 0 saturated carbocycles. The molecular weight excluding hydrogens is 272 g/mol. The van der Waals surface area contributed by atoms with Crippen LogP contribution in [0, 0.1) is 0 Å². The fourth-order valence-corrected chi connectivity index (χ4v) is 3.50. The molecule has 0 bridgehead atoms. The lowest BCUT2D eigenvalue weighted by Gasteiger charge is -2.17. The number of amides is 1. The van der Waals surface area contributed by atoms with Crippen LogP contribution in [0.5, 0.6) is 0 Å². The number of carbonyl (C=O) groups excluding carboxylic acids is 1. The van der Waals surface area contributed by atoms with Crippen LogP contribution in [-0.4, -0.2) is 26.6 Å². The topological polar surface area (TPSA) is 75.3 Å². The number of hydrogen-bond acceptors (Lipinski definition) is 4. The molecule has 7 heteroatoms. The van der Waals surface area contributed by atoms with E-state index in [-0.39, 0.29) is 10.8 Å². The van der Waals surface area contributed by atoms with E-state index < -0.39 is 10.0 Å². The highest BCUT2D eigenvalue weighted by Gasteiger charge is 2.19. The fraction of sp³-hybridized carbons (Fsp3) is 0.364. The average molecular weight is 286 g/mol. The van der Waals surface area contributed by atoms with Gasteiger partial charge in [-0.15, -0.1) is 11.8 Å². The summed E-state index contributed by atoms with van der Waals surface area (Å²) < 4.78 is 26.4. The van der Waals surface area contributed by atoms with Crippen molar-refractivity contribution in [1.29, 1.82) is 0 Å². The Kier molecular flexibility index (Phi) is 3.94. The normalized spacial score (nSPS) is 15.1. The minimum absolute atomic E-state index is 0.108. The largest absolute Gasteiger partial charge is 0.324 e. The molecule has 0 radical (unpaired) electrons. The highest BCUT2D eigenvalue weighted by molar-refractivity contribution is 8.00. The summed E-state index contributed by atoms with van der Waals surface area (Å²) in [5, 5.41) is 2.68. The monoisotopic (exact) mass is 286 g/mol. The summed E-state index contributed by atoms with van der Waals surface area (Å²) in [6.45, 7) is 2.30. The van der Waals surface area contributed by atoms with E-state index in [2.05, 4.69) is 10.0 Å². The van der Waals surface area contributed by atoms with Gasteiger partial charge in [0.1, 0.15) is 0 Å². The Balaban J connectivity index is 2.31. The summed E-state index contributed by atoms with van der Waals surface area (Å²) in [5.41, 5.74) is 0.565. The summed E-state index contributed by atoms with van der Waals surface area (Å²) in [5.74, 6) is 0.260. The third kappa shape index (κ3) is 2.85. The SMILES string of the molecule is CCCNS(=O)(=O)c1ccc2c(c1)NC(=O)CS2. The first kappa shape index (κ1) is 13.4. The maximum absolute atomic E-state index is 11.9. The molecule has 98 valence electrons. The standard InChI is InChI=1S/C11H14N2O3S2/c1-2-5-12-18(15,16)8-3-4-10-9(6-8)13-11(14)7-17-10/h3-4,6,12H,2,5,7H2,1H3,(H,13,14). The van der Waals surface area contributed by atoms with E-state index in [1.807, 2.05) is 6.92 Å². The Hall–Kier alpha value is -1.05. The van der Waals surface area contributed by atoms with Crippen LogP contribution in [0.2, 0.25) is 0 Å². The van der Waals surface area contributed by atoms with E-state index in [9.17, 15) is 13.2 Å². The van der Waals surface area contributed by atoms with Gasteiger partial charge in [-0.05, 0) is 24.6 Å². The molecule has 5 nitrogen and oxygen atoms in total. The number of carbonyl (C=O) groups is 1. The first-order valence-electron chi connectivity index (χ1n) is 5.59. The van der Waals surface area contributed by atoms with Crippen LogP contribution >= 0.6 is 11.8 Å². The van der Waals surface area contributed by atoms with Crippen LogP contribution in [0.15, 0.2) is 28.0 Å². The van der Waals surface area contributed by atoms with E-state index >= 15 is 0 Å². The molecule has 0 aromatic heterocycles. The van der Waals surface area contributed by atoms with Crippen LogP contribution in [0.4, 0.5) is 5.69 Å². The van der Waals surface area contributed by atoms with Gasteiger partial charge in [0.2, 0.25) is 15.9 Å². The first-order chi connectivity index (χ1) is 8.53. The smallest absolute Gasteiger partial charge is 0.240 e. The van der Waals surface area contributed by atoms with Crippen molar-refractivity contribution in [1.82, 2.24) is 4.72 Å². The van der Waals surface area contributed by atoms with E-state index in [1.165, 1.54) is 17.8 Å². The highest BCUT2D eigenvalue weighted by atomic mass is 32.2. The molecule has 0 aliphatic carbocycles. The minimum Gasteiger partial charge on any atom is -0.324 e. The second-order valence-electron chi connectivity index (χ2n) is 3.89. The number of anilines is 1. The molecule has 2 N–H and O–H groups in total. The summed E-state index contributed by atoms with van der Waals surface area (Å²) in [6, 6.07) is 4.78. The Bertz CT molecular complexity index is 570. The Morgan fingerprint density at radius 3 is 2.94 bits per heavy atom. The lowest BCUT2D eigenvalue weighted by atomic mass is 10.3. The van der Waals surface area contributed by atoms with E-state index in [1.54, 1.807) is 12.1 Å². The van der Waals surface area contributed by atoms with Crippen molar-refractivity contribution in [3.05, 3.63) is 18.2 Å². The molecule has 1 heterocycles. The lowest BCUT2D eigenvalue weighted by molar-refractivity contribution is -0.113. The second kappa shape index (κ2) is 5.29. The Labute approximate surface area is 110 Å². The molecule has 0 unspecified atom stereocenters. The zero-order valence-corrected chi connectivity index (χ0v) is 11.5. The molecule has 1 aromatic carbocycles. The maximum atomic E-state index is 11.9. The zero-order valence-electron chi connectivity index (χ0n) is 9.89. The quantitative estimate of drug-likeness (QED) is 0.877. The van der Waals surface area contributed by atoms with Gasteiger partial charge in [0.25, 0.3) is 0 Å². The van der Waals surface area contributed by atoms with Gasteiger partial charge in [-0.2, -0.15) is 0 Å². The Morgan fingerprint density at radius 2 is 2.22 bits per heavy atom. The number of fused-ring (bicyclic) bond motifs is 1. The lowest BCUT2D eigenvalue weighted by Crippen LogP contribution is -2.25. The molecule has 0 atom stereocenters. The van der Waals surface area contributed by atoms with Gasteiger partial charge in [-0.1, -0.05) is 6.92 Å². The molecule has 0 saturated heterocycles. The summed E-state index contributed by atoms with van der Waals surface area (Å²) in [6.07, 6.45) is 0.733. The van der Waals surface area contributed by atoms with Crippen LogP contribution in [0.1, 0.15) is 13.3 Å². The van der Waals surface area contributed by atoms with E-state index in [0.717, 1.165) is 11.3 Å². The number of nitrogens with one attached hydrogen (secondary N) is 2. The molecule has 0 spiro atoms. The maximum Gasteiger partial charge on any atom is 0.240 e. The van der Waals surface area contributed by atoms with Crippen LogP contribution in [0.25, 0.3) is 0 Å². The molecule has 1 aliphatic heterocycles. The summed E-state index contributed by atoms with van der Waals surface area (Å²) >= 11 is 1.41. The van der Waals surface area contributed by atoms with Crippen LogP contribution in [0.3, 0.4) is 0 Å². The van der Waals surface area contributed by atoms with Gasteiger partial charge in [0.15, 0.2) is 0 Å². The zero-order chi connectivity index (χ0) is 13.2. The third-order valence-corrected chi connectivity index (χ3v) is 4.97. The summed E-state index contributed by atoms with van der Waals surface area (Å²) in [7, 11) is -3.48. The van der Waals surface area contributed by atoms with Crippen molar-refractivity contribution < 1.29 is 13.2 Å². The molecule has 0 fully saturated rings. The van der Waals surface area contributed by atoms with Crippen molar-refractivity contribution in [2.75, 3.05) is 17.6 Å². The van der Waals surface area contributed by atoms with Crippen LogP contribution in [-0.2, 0) is 14.8 Å². The molecule has 18 heavy (non-hydrogen) atoms. The average Bonchev–Trinajstić information content (AvgIpc) is 2.35. The van der Waals surface area contributed by atoms with Crippen molar-refractivity contribution in [2.24, 2.45) is 0 Å². The fourth-order valence-electron chi connectivity index (χ4n) is 1.55. The van der Waals surface area contributed by atoms with Crippen molar-refractivity contribution in [3.63, 3.8) is 0 Å². The van der Waals surface area contributed by atoms with E-state index in [0.29, 0.717) is 18.0 Å². The molecule has 2 rings (SSSR count). The highest BCUT2D eigenvalue weighted by Crippen LogP contribution is 2.32. The van der Waals surface area contributed by atoms with Crippen molar-refractivity contribution in [2.45, 2.75) is 23.1 Å². The van der Waals surface area contributed by atoms with E-state index in [4.69, 9.17) is 0 Å². The number of benzene rings is 1. The van der Waals surface area contributed by atoms with Gasteiger partial charge < -0.3 is 5.32 Å². The number of rotatable bonds is 4. The van der Waals surface area contributed by atoms with Gasteiger partial charge >= 0.3 is 0 Å². The van der Waals surface area contributed by atoms with Gasteiger partial charge in [0, 0.05) is 11.4 Å². The predicted molar refractivity (Wildman–Crippen MR) is 71.3 cm³/mol. The predicted octanol–water partition coefficient (Wildman–Crippen LogP) is 1.42. The van der Waals surface area contributed by atoms with Crippen molar-refractivity contribution >= 4 is 33.4 Å². The number of hydrogen-bond donors (Lipinski definition) is 2.